The van der Waals surface area contributed by atoms with Crippen LogP contribution in [0.2, 0.25) is 0 Å². The van der Waals surface area contributed by atoms with Gasteiger partial charge in [-0.25, -0.2) is 0 Å². The minimum atomic E-state index is -1.05. The molecule has 0 aliphatic heterocycles. The summed E-state index contributed by atoms with van der Waals surface area (Å²) in [6, 6.07) is 13.9. The number of Topliss-reactive ketones (excluding diaryl/α,β-unsaturated/α-hetero) is 1. The molecule has 0 aliphatic carbocycles. The zero-order valence-corrected chi connectivity index (χ0v) is 12.7. The van der Waals surface area contributed by atoms with Crippen molar-refractivity contribution in [3.05, 3.63) is 48.0 Å². The van der Waals surface area contributed by atoms with E-state index in [0.717, 1.165) is 16.3 Å². The lowest BCUT2D eigenvalue weighted by atomic mass is 9.84. The van der Waals surface area contributed by atoms with Crippen molar-refractivity contribution in [1.82, 2.24) is 0 Å². The molecule has 3 heteroatoms. The fraction of sp³-hybridized carbons (Fsp3) is 0.333. The Morgan fingerprint density at radius 2 is 1.76 bits per heavy atom. The van der Waals surface area contributed by atoms with E-state index in [2.05, 4.69) is 0 Å². The summed E-state index contributed by atoms with van der Waals surface area (Å²) in [4.78, 5) is 23.9. The van der Waals surface area contributed by atoms with Crippen LogP contribution in [0.4, 0.5) is 0 Å². The normalized spacial score (nSPS) is 13.7. The summed E-state index contributed by atoms with van der Waals surface area (Å²) in [5.41, 5.74) is -0.103. The molecule has 2 aromatic carbocycles. The maximum absolute atomic E-state index is 12.2. The smallest absolute Gasteiger partial charge is 0.319 e. The first kappa shape index (κ1) is 15.2. The van der Waals surface area contributed by atoms with E-state index in [0.29, 0.717) is 6.42 Å². The standard InChI is InChI=1S/C18H20O3/c1-4-18(3,13(2)19)17(20)21-12-15-10-7-9-14-8-5-6-11-16(14)15/h5-11H,4,12H2,1-3H3. The van der Waals surface area contributed by atoms with E-state index in [4.69, 9.17) is 4.74 Å². The van der Waals surface area contributed by atoms with Gasteiger partial charge in [0.05, 0.1) is 0 Å². The van der Waals surface area contributed by atoms with E-state index < -0.39 is 11.4 Å². The van der Waals surface area contributed by atoms with Crippen molar-refractivity contribution < 1.29 is 14.3 Å². The second-order valence-corrected chi connectivity index (χ2v) is 5.46. The molecule has 0 aromatic heterocycles. The van der Waals surface area contributed by atoms with Crippen LogP contribution in [0.25, 0.3) is 10.8 Å². The monoisotopic (exact) mass is 284 g/mol. The first-order chi connectivity index (χ1) is 9.99. The van der Waals surface area contributed by atoms with Gasteiger partial charge in [-0.05, 0) is 36.6 Å². The Hall–Kier alpha value is -2.16. The number of hydrogen-bond donors (Lipinski definition) is 0. The van der Waals surface area contributed by atoms with E-state index in [1.807, 2.05) is 49.4 Å². The van der Waals surface area contributed by atoms with Gasteiger partial charge in [0.15, 0.2) is 0 Å². The third-order valence-corrected chi connectivity index (χ3v) is 4.17. The van der Waals surface area contributed by atoms with Crippen molar-refractivity contribution in [2.24, 2.45) is 5.41 Å². The van der Waals surface area contributed by atoms with Gasteiger partial charge in [0.25, 0.3) is 0 Å². The molecule has 0 aliphatic rings. The zero-order chi connectivity index (χ0) is 15.5. The van der Waals surface area contributed by atoms with Gasteiger partial charge in [-0.15, -0.1) is 0 Å². The minimum Gasteiger partial charge on any atom is -0.460 e. The molecule has 0 heterocycles. The lowest BCUT2D eigenvalue weighted by Crippen LogP contribution is -2.35. The predicted molar refractivity (Wildman–Crippen MR) is 82.8 cm³/mol. The van der Waals surface area contributed by atoms with Gasteiger partial charge in [0.1, 0.15) is 17.8 Å². The Morgan fingerprint density at radius 3 is 2.43 bits per heavy atom. The van der Waals surface area contributed by atoms with Crippen molar-refractivity contribution >= 4 is 22.5 Å². The Labute approximate surface area is 124 Å². The van der Waals surface area contributed by atoms with E-state index in [-0.39, 0.29) is 12.4 Å². The van der Waals surface area contributed by atoms with Crippen LogP contribution in [0.15, 0.2) is 42.5 Å². The van der Waals surface area contributed by atoms with Gasteiger partial charge in [0, 0.05) is 0 Å². The fourth-order valence-electron chi connectivity index (χ4n) is 2.26. The van der Waals surface area contributed by atoms with E-state index >= 15 is 0 Å². The highest BCUT2D eigenvalue weighted by Crippen LogP contribution is 2.26. The molecule has 0 bridgehead atoms. The zero-order valence-electron chi connectivity index (χ0n) is 12.7. The second kappa shape index (κ2) is 6.08. The van der Waals surface area contributed by atoms with Crippen molar-refractivity contribution in [3.8, 4) is 0 Å². The number of rotatable bonds is 5. The highest BCUT2D eigenvalue weighted by Gasteiger charge is 2.38. The largest absolute Gasteiger partial charge is 0.460 e. The summed E-state index contributed by atoms with van der Waals surface area (Å²) in [6.07, 6.45) is 0.441. The number of fused-ring (bicyclic) bond motifs is 1. The van der Waals surface area contributed by atoms with Crippen LogP contribution in [-0.4, -0.2) is 11.8 Å². The Balaban J connectivity index is 2.19. The average Bonchev–Trinajstić information content (AvgIpc) is 2.51. The second-order valence-electron chi connectivity index (χ2n) is 5.46. The van der Waals surface area contributed by atoms with Gasteiger partial charge >= 0.3 is 5.97 Å². The van der Waals surface area contributed by atoms with Crippen molar-refractivity contribution in [1.29, 1.82) is 0 Å². The maximum atomic E-state index is 12.2. The summed E-state index contributed by atoms with van der Waals surface area (Å²) in [6.45, 7) is 5.08. The number of carbonyl (C=O) groups excluding carboxylic acids is 2. The van der Waals surface area contributed by atoms with E-state index in [9.17, 15) is 9.59 Å². The summed E-state index contributed by atoms with van der Waals surface area (Å²) >= 11 is 0. The number of ether oxygens (including phenoxy) is 1. The van der Waals surface area contributed by atoms with Crippen LogP contribution in [-0.2, 0) is 20.9 Å². The predicted octanol–water partition coefficient (Wildman–Crippen LogP) is 3.89. The van der Waals surface area contributed by atoms with Crippen molar-refractivity contribution in [2.45, 2.75) is 33.8 Å². The molecule has 0 fully saturated rings. The molecule has 0 radical (unpaired) electrons. The van der Waals surface area contributed by atoms with E-state index in [1.165, 1.54) is 6.92 Å². The van der Waals surface area contributed by atoms with E-state index in [1.54, 1.807) is 6.92 Å². The van der Waals surface area contributed by atoms with Crippen LogP contribution >= 0.6 is 0 Å². The number of benzene rings is 2. The van der Waals surface area contributed by atoms with Crippen molar-refractivity contribution in [2.75, 3.05) is 0 Å². The molecule has 1 atom stereocenters. The first-order valence-electron chi connectivity index (χ1n) is 7.14. The van der Waals surface area contributed by atoms with Crippen LogP contribution in [0.5, 0.6) is 0 Å². The van der Waals surface area contributed by atoms with Gasteiger partial charge in [-0.2, -0.15) is 0 Å². The number of hydrogen-bond acceptors (Lipinski definition) is 3. The molecular formula is C18H20O3. The van der Waals surface area contributed by atoms with Crippen LogP contribution in [0.3, 0.4) is 0 Å². The molecule has 0 spiro atoms. The number of carbonyl (C=O) groups is 2. The molecule has 2 rings (SSSR count). The molecule has 0 N–H and O–H groups in total. The third-order valence-electron chi connectivity index (χ3n) is 4.17. The summed E-state index contributed by atoms with van der Waals surface area (Å²) in [5.74, 6) is -0.613. The average molecular weight is 284 g/mol. The molecule has 1 unspecified atom stereocenters. The molecular weight excluding hydrogens is 264 g/mol. The lowest BCUT2D eigenvalue weighted by molar-refractivity contribution is -0.160. The quantitative estimate of drug-likeness (QED) is 0.618. The SMILES string of the molecule is CCC(C)(C(C)=O)C(=O)OCc1cccc2ccccc12. The topological polar surface area (TPSA) is 43.4 Å². The summed E-state index contributed by atoms with van der Waals surface area (Å²) in [7, 11) is 0. The fourth-order valence-corrected chi connectivity index (χ4v) is 2.26. The molecule has 2 aromatic rings. The van der Waals surface area contributed by atoms with Gasteiger partial charge in [-0.1, -0.05) is 49.4 Å². The Morgan fingerprint density at radius 1 is 1.10 bits per heavy atom. The van der Waals surface area contributed by atoms with Crippen LogP contribution in [0, 0.1) is 5.41 Å². The lowest BCUT2D eigenvalue weighted by Gasteiger charge is -2.22. The summed E-state index contributed by atoms with van der Waals surface area (Å²) in [5, 5.41) is 2.17. The van der Waals surface area contributed by atoms with Crippen molar-refractivity contribution in [3.63, 3.8) is 0 Å². The van der Waals surface area contributed by atoms with Gasteiger partial charge < -0.3 is 4.74 Å². The maximum Gasteiger partial charge on any atom is 0.319 e. The molecule has 0 saturated carbocycles. The molecule has 0 saturated heterocycles. The van der Waals surface area contributed by atoms with Gasteiger partial charge in [-0.3, -0.25) is 9.59 Å². The number of ketones is 1. The first-order valence-corrected chi connectivity index (χ1v) is 7.14. The minimum absolute atomic E-state index is 0.159. The van der Waals surface area contributed by atoms with Gasteiger partial charge in [0.2, 0.25) is 0 Å². The number of esters is 1. The Kier molecular flexibility index (Phi) is 4.41. The third kappa shape index (κ3) is 2.97. The molecule has 0 amide bonds. The molecule has 21 heavy (non-hydrogen) atoms. The van der Waals surface area contributed by atoms with Crippen LogP contribution < -0.4 is 0 Å². The van der Waals surface area contributed by atoms with Crippen LogP contribution in [0.1, 0.15) is 32.8 Å². The highest BCUT2D eigenvalue weighted by molar-refractivity contribution is 6.02. The highest BCUT2D eigenvalue weighted by atomic mass is 16.5. The summed E-state index contributed by atoms with van der Waals surface area (Å²) < 4.78 is 5.39. The molecule has 3 nitrogen and oxygen atoms in total. The molecule has 110 valence electrons. The Bertz CT molecular complexity index is 670.